The van der Waals surface area contributed by atoms with Crippen molar-refractivity contribution in [3.63, 3.8) is 0 Å². The van der Waals surface area contributed by atoms with E-state index in [1.54, 1.807) is 0 Å². The number of rotatable bonds is 3. The molecule has 6 heteroatoms. The Morgan fingerprint density at radius 3 is 2.67 bits per heavy atom. The van der Waals surface area contributed by atoms with Crippen molar-refractivity contribution in [3.8, 4) is 0 Å². The minimum atomic E-state index is -1.03. The Morgan fingerprint density at radius 1 is 1.22 bits per heavy atom. The van der Waals surface area contributed by atoms with Gasteiger partial charge in [-0.2, -0.15) is 0 Å². The Morgan fingerprint density at radius 2 is 1.96 bits per heavy atom. The smallest absolute Gasteiger partial charge is 0.168 e. The van der Waals surface area contributed by atoms with Gasteiger partial charge in [-0.15, -0.1) is 11.8 Å². The molecule has 2 heterocycles. The molecule has 1 saturated heterocycles. The van der Waals surface area contributed by atoms with Crippen LogP contribution in [0.2, 0.25) is 5.02 Å². The molecule has 27 heavy (non-hydrogen) atoms. The van der Waals surface area contributed by atoms with E-state index in [2.05, 4.69) is 19.1 Å². The molecule has 2 aliphatic rings. The molecule has 0 bridgehead atoms. The molecule has 0 aliphatic carbocycles. The maximum absolute atomic E-state index is 10.8. The van der Waals surface area contributed by atoms with Crippen molar-refractivity contribution in [2.75, 3.05) is 6.61 Å². The van der Waals surface area contributed by atoms with Crippen LogP contribution >= 0.6 is 23.4 Å². The van der Waals surface area contributed by atoms with Gasteiger partial charge in [-0.3, -0.25) is 0 Å². The van der Waals surface area contributed by atoms with Gasteiger partial charge < -0.3 is 20.1 Å². The van der Waals surface area contributed by atoms with Crippen molar-refractivity contribution in [2.45, 2.75) is 48.8 Å². The van der Waals surface area contributed by atoms with Crippen molar-refractivity contribution in [3.05, 3.63) is 69.2 Å². The van der Waals surface area contributed by atoms with Crippen LogP contribution < -0.4 is 0 Å². The highest BCUT2D eigenvalue weighted by Crippen LogP contribution is 2.54. The number of hydrogen-bond donors (Lipinski definition) is 3. The highest BCUT2D eigenvalue weighted by atomic mass is 35.5. The van der Waals surface area contributed by atoms with Gasteiger partial charge in [0.15, 0.2) is 4.93 Å². The van der Waals surface area contributed by atoms with E-state index in [1.807, 2.05) is 24.3 Å². The summed E-state index contributed by atoms with van der Waals surface area (Å²) in [6, 6.07) is 12.0. The SMILES string of the molecule is Cc1cc2c(cc1Cc1ccc(Cl)cc1)[C@]1(OC2)S[C@H](CO)CC(O)[C@H]1O. The Labute approximate surface area is 168 Å². The molecule has 1 spiro atoms. The summed E-state index contributed by atoms with van der Waals surface area (Å²) >= 11 is 7.41. The number of ether oxygens (including phenoxy) is 1. The van der Waals surface area contributed by atoms with E-state index in [4.69, 9.17) is 16.3 Å². The second-order valence-corrected chi connectivity index (χ2v) is 9.31. The normalized spacial score (nSPS) is 29.9. The first-order valence-electron chi connectivity index (χ1n) is 9.09. The number of halogens is 1. The van der Waals surface area contributed by atoms with E-state index in [0.29, 0.717) is 18.1 Å². The van der Waals surface area contributed by atoms with Crippen LogP contribution in [0, 0.1) is 6.92 Å². The minimum absolute atomic E-state index is 0.0572. The van der Waals surface area contributed by atoms with E-state index < -0.39 is 17.1 Å². The van der Waals surface area contributed by atoms with Gasteiger partial charge in [0.1, 0.15) is 6.10 Å². The predicted molar refractivity (Wildman–Crippen MR) is 107 cm³/mol. The van der Waals surface area contributed by atoms with Gasteiger partial charge in [-0.05, 0) is 54.2 Å². The summed E-state index contributed by atoms with van der Waals surface area (Å²) in [7, 11) is 0. The van der Waals surface area contributed by atoms with E-state index in [0.717, 1.165) is 28.7 Å². The molecule has 4 rings (SSSR count). The fourth-order valence-electron chi connectivity index (χ4n) is 4.00. The fourth-order valence-corrected chi connectivity index (χ4v) is 5.73. The lowest BCUT2D eigenvalue weighted by Crippen LogP contribution is -2.51. The Hall–Kier alpha value is -1.08. The molecule has 0 aromatic heterocycles. The molecule has 2 aromatic rings. The summed E-state index contributed by atoms with van der Waals surface area (Å²) in [6.45, 7) is 2.41. The number of aliphatic hydroxyl groups excluding tert-OH is 3. The van der Waals surface area contributed by atoms with Gasteiger partial charge in [-0.1, -0.05) is 35.9 Å². The van der Waals surface area contributed by atoms with Crippen LogP contribution in [0.5, 0.6) is 0 Å². The molecule has 0 radical (unpaired) electrons. The lowest BCUT2D eigenvalue weighted by atomic mass is 9.90. The highest BCUT2D eigenvalue weighted by molar-refractivity contribution is 8.00. The number of benzene rings is 2. The van der Waals surface area contributed by atoms with Crippen molar-refractivity contribution >= 4 is 23.4 Å². The molecule has 4 atom stereocenters. The topological polar surface area (TPSA) is 69.9 Å². The van der Waals surface area contributed by atoms with E-state index in [9.17, 15) is 15.3 Å². The van der Waals surface area contributed by atoms with E-state index in [1.165, 1.54) is 17.3 Å². The lowest BCUT2D eigenvalue weighted by molar-refractivity contribution is -0.115. The average molecular weight is 407 g/mol. The molecule has 1 unspecified atom stereocenters. The number of hydrogen-bond acceptors (Lipinski definition) is 5. The summed E-state index contributed by atoms with van der Waals surface area (Å²) in [5.74, 6) is 0. The zero-order chi connectivity index (χ0) is 19.2. The Bertz CT molecular complexity index is 841. The van der Waals surface area contributed by atoms with Gasteiger partial charge in [0.25, 0.3) is 0 Å². The van der Waals surface area contributed by atoms with Gasteiger partial charge in [0.05, 0.1) is 19.3 Å². The zero-order valence-corrected chi connectivity index (χ0v) is 16.6. The summed E-state index contributed by atoms with van der Waals surface area (Å²) < 4.78 is 6.07. The lowest BCUT2D eigenvalue weighted by Gasteiger charge is -2.43. The fraction of sp³-hybridized carbons (Fsp3) is 0.429. The third-order valence-corrected chi connectivity index (χ3v) is 7.35. The van der Waals surface area contributed by atoms with Gasteiger partial charge in [0.2, 0.25) is 0 Å². The van der Waals surface area contributed by atoms with Gasteiger partial charge in [-0.25, -0.2) is 0 Å². The standard InChI is InChI=1S/C21H23ClO4S/c1-12-6-15-11-26-21(20(25)19(24)9-17(10-23)27-21)18(15)8-14(12)7-13-2-4-16(22)5-3-13/h2-6,8,17,19-20,23-25H,7,9-11H2,1H3/t17-,19?,20+,21-/m0/s1. The molecule has 4 nitrogen and oxygen atoms in total. The summed E-state index contributed by atoms with van der Waals surface area (Å²) in [6.07, 6.45) is -0.848. The minimum Gasteiger partial charge on any atom is -0.395 e. The molecular formula is C21H23ClO4S. The second-order valence-electron chi connectivity index (χ2n) is 7.37. The molecule has 0 saturated carbocycles. The molecule has 3 N–H and O–H groups in total. The van der Waals surface area contributed by atoms with Crippen LogP contribution in [0.3, 0.4) is 0 Å². The van der Waals surface area contributed by atoms with Crippen molar-refractivity contribution in [1.29, 1.82) is 0 Å². The van der Waals surface area contributed by atoms with Crippen LogP contribution in [-0.4, -0.2) is 39.4 Å². The van der Waals surface area contributed by atoms with E-state index >= 15 is 0 Å². The van der Waals surface area contributed by atoms with Crippen molar-refractivity contribution < 1.29 is 20.1 Å². The Kier molecular flexibility index (Phi) is 5.27. The Balaban J connectivity index is 1.73. The molecule has 144 valence electrons. The quantitative estimate of drug-likeness (QED) is 0.730. The molecule has 2 aromatic carbocycles. The van der Waals surface area contributed by atoms with Crippen LogP contribution in [0.1, 0.15) is 34.2 Å². The monoisotopic (exact) mass is 406 g/mol. The molecular weight excluding hydrogens is 384 g/mol. The zero-order valence-electron chi connectivity index (χ0n) is 15.1. The number of thioether (sulfide) groups is 1. The third-order valence-electron chi connectivity index (χ3n) is 5.49. The van der Waals surface area contributed by atoms with Crippen LogP contribution in [-0.2, 0) is 22.7 Å². The first-order valence-corrected chi connectivity index (χ1v) is 10.3. The maximum atomic E-state index is 10.8. The van der Waals surface area contributed by atoms with Crippen molar-refractivity contribution in [1.82, 2.24) is 0 Å². The largest absolute Gasteiger partial charge is 0.395 e. The summed E-state index contributed by atoms with van der Waals surface area (Å²) in [5.41, 5.74) is 5.41. The highest BCUT2D eigenvalue weighted by Gasteiger charge is 2.54. The molecule has 2 aliphatic heterocycles. The first-order chi connectivity index (χ1) is 12.9. The number of aryl methyl sites for hydroxylation is 1. The van der Waals surface area contributed by atoms with Crippen LogP contribution in [0.25, 0.3) is 0 Å². The van der Waals surface area contributed by atoms with Crippen LogP contribution in [0.4, 0.5) is 0 Å². The third kappa shape index (κ3) is 3.41. The van der Waals surface area contributed by atoms with Gasteiger partial charge >= 0.3 is 0 Å². The summed E-state index contributed by atoms with van der Waals surface area (Å²) in [4.78, 5) is -1.02. The second kappa shape index (κ2) is 7.39. The van der Waals surface area contributed by atoms with Crippen molar-refractivity contribution in [2.24, 2.45) is 0 Å². The molecule has 1 fully saturated rings. The number of fused-ring (bicyclic) bond motifs is 2. The molecule has 0 amide bonds. The maximum Gasteiger partial charge on any atom is 0.168 e. The van der Waals surface area contributed by atoms with E-state index in [-0.39, 0.29) is 11.9 Å². The van der Waals surface area contributed by atoms with Crippen LogP contribution in [0.15, 0.2) is 36.4 Å². The number of aliphatic hydroxyl groups is 3. The summed E-state index contributed by atoms with van der Waals surface area (Å²) in [5, 5.41) is 31.3. The predicted octanol–water partition coefficient (Wildman–Crippen LogP) is 3.14. The average Bonchev–Trinajstić information content (AvgIpc) is 2.99. The van der Waals surface area contributed by atoms with Gasteiger partial charge in [0, 0.05) is 15.8 Å². The first kappa shape index (κ1) is 19.2.